The van der Waals surface area contributed by atoms with Crippen molar-refractivity contribution in [3.8, 4) is 0 Å². The van der Waals surface area contributed by atoms with Gasteiger partial charge >= 0.3 is 6.18 Å². The topological polar surface area (TPSA) is 32.7 Å². The Morgan fingerprint density at radius 2 is 2.00 bits per heavy atom. The van der Waals surface area contributed by atoms with Crippen LogP contribution in [0.5, 0.6) is 0 Å². The van der Waals surface area contributed by atoms with Crippen molar-refractivity contribution in [2.24, 2.45) is 10.4 Å². The van der Waals surface area contributed by atoms with E-state index < -0.39 is 35.2 Å². The van der Waals surface area contributed by atoms with Crippen molar-refractivity contribution in [2.75, 3.05) is 6.54 Å². The molecule has 0 radical (unpaired) electrons. The Balaban J connectivity index is 2.21. The summed E-state index contributed by atoms with van der Waals surface area (Å²) in [5.41, 5.74) is -2.26. The number of benzene rings is 1. The Labute approximate surface area is 137 Å². The molecule has 24 heavy (non-hydrogen) atoms. The van der Waals surface area contributed by atoms with Crippen LogP contribution in [0, 0.1) is 11.2 Å². The molecule has 130 valence electrons. The van der Waals surface area contributed by atoms with Crippen molar-refractivity contribution in [1.29, 1.82) is 0 Å². The van der Waals surface area contributed by atoms with Gasteiger partial charge in [0, 0.05) is 18.8 Å². The lowest BCUT2D eigenvalue weighted by Gasteiger charge is -2.37. The number of alkyl halides is 3. The Bertz CT molecular complexity index is 728. The van der Waals surface area contributed by atoms with Gasteiger partial charge in [0.05, 0.1) is 22.9 Å². The molecule has 2 aliphatic rings. The van der Waals surface area contributed by atoms with E-state index in [2.05, 4.69) is 4.99 Å². The Morgan fingerprint density at radius 1 is 1.33 bits per heavy atom. The summed E-state index contributed by atoms with van der Waals surface area (Å²) >= 11 is 0. The number of nitrogens with zero attached hydrogens (tertiary/aromatic N) is 2. The molecule has 0 bridgehead atoms. The van der Waals surface area contributed by atoms with E-state index in [0.717, 1.165) is 0 Å². The van der Waals surface area contributed by atoms with E-state index in [1.54, 1.807) is 13.8 Å². The van der Waals surface area contributed by atoms with Gasteiger partial charge in [-0.3, -0.25) is 9.79 Å². The molecule has 1 spiro atoms. The molecule has 1 fully saturated rings. The molecular formula is C17H18F4N2O. The molecule has 2 aliphatic heterocycles. The lowest BCUT2D eigenvalue weighted by molar-refractivity contribution is -0.169. The third kappa shape index (κ3) is 2.24. The summed E-state index contributed by atoms with van der Waals surface area (Å²) in [6.07, 6.45) is -4.39. The van der Waals surface area contributed by atoms with Crippen LogP contribution in [0.1, 0.15) is 32.8 Å². The van der Waals surface area contributed by atoms with Crippen molar-refractivity contribution in [3.05, 3.63) is 29.6 Å². The molecule has 2 unspecified atom stereocenters. The van der Waals surface area contributed by atoms with Crippen LogP contribution in [0.3, 0.4) is 0 Å². The lowest BCUT2D eigenvalue weighted by Crippen LogP contribution is -2.47. The van der Waals surface area contributed by atoms with Crippen LogP contribution in [-0.4, -0.2) is 35.8 Å². The molecule has 0 N–H and O–H groups in total. The monoisotopic (exact) mass is 342 g/mol. The molecule has 3 rings (SSSR count). The molecule has 1 saturated heterocycles. The second-order valence-corrected chi connectivity index (χ2v) is 7.04. The summed E-state index contributed by atoms with van der Waals surface area (Å²) in [7, 11) is 0. The Kier molecular flexibility index (Phi) is 3.55. The summed E-state index contributed by atoms with van der Waals surface area (Å²) < 4.78 is 53.5. The maximum atomic E-state index is 13.8. The maximum Gasteiger partial charge on any atom is 0.390 e. The second-order valence-electron chi connectivity index (χ2n) is 7.04. The minimum Gasteiger partial charge on any atom is -0.338 e. The van der Waals surface area contributed by atoms with Crippen LogP contribution in [0.25, 0.3) is 0 Å². The SMILES string of the molecule is CC(C)N1CC2(C=Nc3ccc(F)cc32)C(C)(CC(F)(F)F)C1=O. The summed E-state index contributed by atoms with van der Waals surface area (Å²) in [4.78, 5) is 18.5. The highest BCUT2D eigenvalue weighted by molar-refractivity contribution is 5.99. The number of halogens is 4. The molecule has 2 atom stereocenters. The first-order chi connectivity index (χ1) is 11.0. The molecule has 7 heteroatoms. The first kappa shape index (κ1) is 16.9. The zero-order valence-electron chi connectivity index (χ0n) is 13.6. The molecule has 0 aliphatic carbocycles. The molecule has 0 aromatic heterocycles. The van der Waals surface area contributed by atoms with Crippen molar-refractivity contribution in [3.63, 3.8) is 0 Å². The molecule has 1 aromatic carbocycles. The minimum absolute atomic E-state index is 0.0655. The first-order valence-electron chi connectivity index (χ1n) is 7.73. The van der Waals surface area contributed by atoms with Gasteiger partial charge in [-0.15, -0.1) is 0 Å². The lowest BCUT2D eigenvalue weighted by atomic mass is 9.62. The van der Waals surface area contributed by atoms with E-state index in [9.17, 15) is 22.4 Å². The fourth-order valence-corrected chi connectivity index (χ4v) is 3.87. The summed E-state index contributed by atoms with van der Waals surface area (Å²) in [6.45, 7) is 4.89. The minimum atomic E-state index is -4.52. The molecule has 1 amide bonds. The van der Waals surface area contributed by atoms with Gasteiger partial charge in [0.25, 0.3) is 0 Å². The van der Waals surface area contributed by atoms with Gasteiger partial charge in [0.1, 0.15) is 5.82 Å². The van der Waals surface area contributed by atoms with Gasteiger partial charge in [0.15, 0.2) is 0 Å². The predicted molar refractivity (Wildman–Crippen MR) is 81.9 cm³/mol. The highest BCUT2D eigenvalue weighted by atomic mass is 19.4. The van der Waals surface area contributed by atoms with Gasteiger partial charge in [-0.2, -0.15) is 13.2 Å². The zero-order chi connectivity index (χ0) is 17.9. The third-order valence-electron chi connectivity index (χ3n) is 5.18. The van der Waals surface area contributed by atoms with Gasteiger partial charge in [-0.25, -0.2) is 4.39 Å². The quantitative estimate of drug-likeness (QED) is 0.748. The molecule has 3 nitrogen and oxygen atoms in total. The molecule has 2 heterocycles. The summed E-state index contributed by atoms with van der Waals surface area (Å²) in [5, 5.41) is 0. The molecular weight excluding hydrogens is 324 g/mol. The molecule has 1 aromatic rings. The highest BCUT2D eigenvalue weighted by Gasteiger charge is 2.66. The number of carbonyl (C=O) groups is 1. The van der Waals surface area contributed by atoms with Gasteiger partial charge in [-0.05, 0) is 44.5 Å². The average Bonchev–Trinajstić information content (AvgIpc) is 2.90. The van der Waals surface area contributed by atoms with Crippen LogP contribution in [0.2, 0.25) is 0 Å². The predicted octanol–water partition coefficient (Wildman–Crippen LogP) is 3.99. The normalized spacial score (nSPS) is 29.2. The molecule has 0 saturated carbocycles. The maximum absolute atomic E-state index is 13.8. The Morgan fingerprint density at radius 3 is 2.58 bits per heavy atom. The number of aliphatic imine (C=N–C) groups is 1. The van der Waals surface area contributed by atoms with Gasteiger partial charge in [0.2, 0.25) is 5.91 Å². The van der Waals surface area contributed by atoms with Crippen molar-refractivity contribution >= 4 is 17.8 Å². The van der Waals surface area contributed by atoms with E-state index in [4.69, 9.17) is 0 Å². The van der Waals surface area contributed by atoms with Gasteiger partial charge in [-0.1, -0.05) is 0 Å². The van der Waals surface area contributed by atoms with Crippen molar-refractivity contribution < 1.29 is 22.4 Å². The van der Waals surface area contributed by atoms with Crippen LogP contribution in [-0.2, 0) is 10.2 Å². The number of likely N-dealkylation sites (tertiary alicyclic amines) is 1. The van der Waals surface area contributed by atoms with E-state index in [0.29, 0.717) is 11.3 Å². The summed E-state index contributed by atoms with van der Waals surface area (Å²) in [5.74, 6) is -1.12. The average molecular weight is 342 g/mol. The number of amides is 1. The standard InChI is InChI=1S/C17H18F4N2O/c1-10(2)23-9-16(15(3,14(23)24)7-17(19,20)21)8-22-13-5-4-11(18)6-12(13)16/h4-6,8,10H,7,9H2,1-3H3. The third-order valence-corrected chi connectivity index (χ3v) is 5.18. The number of rotatable bonds is 2. The Hall–Kier alpha value is -1.92. The highest BCUT2D eigenvalue weighted by Crippen LogP contribution is 2.57. The van der Waals surface area contributed by atoms with Crippen LogP contribution in [0.4, 0.5) is 23.2 Å². The van der Waals surface area contributed by atoms with Gasteiger partial charge < -0.3 is 4.90 Å². The fraction of sp³-hybridized carbons (Fsp3) is 0.529. The largest absolute Gasteiger partial charge is 0.390 e. The van der Waals surface area contributed by atoms with Crippen molar-refractivity contribution in [1.82, 2.24) is 4.90 Å². The second kappa shape index (κ2) is 5.04. The van der Waals surface area contributed by atoms with E-state index >= 15 is 0 Å². The van der Waals surface area contributed by atoms with Crippen LogP contribution < -0.4 is 0 Å². The van der Waals surface area contributed by atoms with Crippen LogP contribution in [0.15, 0.2) is 23.2 Å². The number of fused-ring (bicyclic) bond motifs is 2. The number of hydrogen-bond acceptors (Lipinski definition) is 2. The summed E-state index contributed by atoms with van der Waals surface area (Å²) in [6, 6.07) is 3.60. The number of carbonyl (C=O) groups excluding carboxylic acids is 1. The van der Waals surface area contributed by atoms with Crippen molar-refractivity contribution in [2.45, 2.75) is 44.8 Å². The van der Waals surface area contributed by atoms with E-state index in [1.165, 1.54) is 36.2 Å². The van der Waals surface area contributed by atoms with E-state index in [-0.39, 0.29) is 12.6 Å². The number of hydrogen-bond donors (Lipinski definition) is 0. The van der Waals surface area contributed by atoms with Crippen LogP contribution >= 0.6 is 0 Å². The first-order valence-corrected chi connectivity index (χ1v) is 7.73. The smallest absolute Gasteiger partial charge is 0.338 e. The van der Waals surface area contributed by atoms with E-state index in [1.807, 2.05) is 0 Å². The zero-order valence-corrected chi connectivity index (χ0v) is 13.6. The fourth-order valence-electron chi connectivity index (χ4n) is 3.87.